The van der Waals surface area contributed by atoms with Crippen molar-refractivity contribution < 1.29 is 13.6 Å². The molecule has 18 heavy (non-hydrogen) atoms. The van der Waals surface area contributed by atoms with Crippen molar-refractivity contribution in [3.05, 3.63) is 35.4 Å². The van der Waals surface area contributed by atoms with Gasteiger partial charge in [-0.05, 0) is 30.0 Å². The third-order valence-electron chi connectivity index (χ3n) is 2.54. The first-order chi connectivity index (χ1) is 8.40. The number of halogens is 2. The summed E-state index contributed by atoms with van der Waals surface area (Å²) in [6.07, 6.45) is 0.388. The third-order valence-corrected chi connectivity index (χ3v) is 3.37. The zero-order valence-electron chi connectivity index (χ0n) is 10.4. The summed E-state index contributed by atoms with van der Waals surface area (Å²) in [4.78, 5) is 11.6. The zero-order chi connectivity index (χ0) is 13.7. The molecule has 5 heteroatoms. The average Bonchev–Trinajstić information content (AvgIpc) is 2.26. The molecule has 0 bridgehead atoms. The first kappa shape index (κ1) is 15.0. The number of thiol groups is 1. The van der Waals surface area contributed by atoms with Crippen molar-refractivity contribution in [1.29, 1.82) is 0 Å². The second-order valence-corrected chi connectivity index (χ2v) is 5.06. The Morgan fingerprint density at radius 2 is 1.83 bits per heavy atom. The fourth-order valence-corrected chi connectivity index (χ4v) is 1.58. The Kier molecular flexibility index (Phi) is 5.59. The highest BCUT2D eigenvalue weighted by Gasteiger charge is 2.16. The van der Waals surface area contributed by atoms with Crippen molar-refractivity contribution >= 4 is 18.5 Å². The number of hydrogen-bond acceptors (Lipinski definition) is 2. The molecular weight excluding hydrogens is 256 g/mol. The molecule has 0 saturated carbocycles. The van der Waals surface area contributed by atoms with Gasteiger partial charge in [0.05, 0.1) is 5.25 Å². The number of carbonyl (C=O) groups excluding carboxylic acids is 1. The number of rotatable bonds is 5. The molecule has 1 unspecified atom stereocenters. The van der Waals surface area contributed by atoms with Crippen LogP contribution in [-0.4, -0.2) is 17.7 Å². The molecule has 1 N–H and O–H groups in total. The van der Waals surface area contributed by atoms with Crippen LogP contribution in [0.1, 0.15) is 19.4 Å². The topological polar surface area (TPSA) is 29.1 Å². The van der Waals surface area contributed by atoms with E-state index >= 15 is 0 Å². The Balaban J connectivity index is 2.44. The molecule has 0 spiro atoms. The van der Waals surface area contributed by atoms with Crippen LogP contribution in [0.2, 0.25) is 0 Å². The summed E-state index contributed by atoms with van der Waals surface area (Å²) in [6, 6.07) is 3.34. The quantitative estimate of drug-likeness (QED) is 0.793. The van der Waals surface area contributed by atoms with E-state index < -0.39 is 11.6 Å². The van der Waals surface area contributed by atoms with Gasteiger partial charge in [0.2, 0.25) is 5.91 Å². The molecule has 0 aliphatic rings. The maximum atomic E-state index is 12.9. The van der Waals surface area contributed by atoms with Crippen LogP contribution in [0.25, 0.3) is 0 Å². The summed E-state index contributed by atoms with van der Waals surface area (Å²) in [5.41, 5.74) is 0.521. The smallest absolute Gasteiger partial charge is 0.233 e. The first-order valence-corrected chi connectivity index (χ1v) is 6.32. The van der Waals surface area contributed by atoms with E-state index in [9.17, 15) is 13.6 Å². The summed E-state index contributed by atoms with van der Waals surface area (Å²) in [5, 5.41) is 2.32. The van der Waals surface area contributed by atoms with E-state index in [0.717, 1.165) is 6.07 Å². The van der Waals surface area contributed by atoms with Crippen LogP contribution in [0.5, 0.6) is 0 Å². The van der Waals surface area contributed by atoms with E-state index in [1.54, 1.807) is 0 Å². The van der Waals surface area contributed by atoms with Crippen molar-refractivity contribution in [1.82, 2.24) is 5.32 Å². The molecule has 0 radical (unpaired) electrons. The molecule has 1 atom stereocenters. The lowest BCUT2D eigenvalue weighted by Gasteiger charge is -2.14. The lowest BCUT2D eigenvalue weighted by atomic mass is 10.1. The van der Waals surface area contributed by atoms with Crippen LogP contribution in [0.4, 0.5) is 8.78 Å². The predicted molar refractivity (Wildman–Crippen MR) is 70.7 cm³/mol. The standard InChI is InChI=1S/C13H17F2NOS/c1-8(2)12(18)13(17)16-4-3-9-5-10(14)7-11(15)6-9/h5-8,12,18H,3-4H2,1-2H3,(H,16,17). The van der Waals surface area contributed by atoms with Gasteiger partial charge in [0.15, 0.2) is 0 Å². The molecule has 0 saturated heterocycles. The van der Waals surface area contributed by atoms with E-state index in [4.69, 9.17) is 0 Å². The molecule has 1 rings (SSSR count). The summed E-state index contributed by atoms with van der Waals surface area (Å²) in [7, 11) is 0. The number of amides is 1. The van der Waals surface area contributed by atoms with Gasteiger partial charge in [-0.25, -0.2) is 8.78 Å². The van der Waals surface area contributed by atoms with E-state index in [0.29, 0.717) is 18.5 Å². The lowest BCUT2D eigenvalue weighted by Crippen LogP contribution is -2.35. The molecular formula is C13H17F2NOS. The summed E-state index contributed by atoms with van der Waals surface area (Å²) >= 11 is 4.18. The monoisotopic (exact) mass is 273 g/mol. The van der Waals surface area contributed by atoms with Crippen molar-refractivity contribution in [2.75, 3.05) is 6.54 Å². The van der Waals surface area contributed by atoms with Crippen LogP contribution in [0, 0.1) is 17.6 Å². The van der Waals surface area contributed by atoms with Gasteiger partial charge in [0.25, 0.3) is 0 Å². The number of carbonyl (C=O) groups is 1. The number of hydrogen-bond donors (Lipinski definition) is 2. The van der Waals surface area contributed by atoms with E-state index in [1.165, 1.54) is 12.1 Å². The zero-order valence-corrected chi connectivity index (χ0v) is 11.3. The van der Waals surface area contributed by atoms with Crippen LogP contribution >= 0.6 is 12.6 Å². The first-order valence-electron chi connectivity index (χ1n) is 5.81. The van der Waals surface area contributed by atoms with E-state index in [2.05, 4.69) is 17.9 Å². The normalized spacial score (nSPS) is 12.6. The Hall–Kier alpha value is -1.10. The van der Waals surface area contributed by atoms with E-state index in [1.807, 2.05) is 13.8 Å². The van der Waals surface area contributed by atoms with Crippen LogP contribution in [0.3, 0.4) is 0 Å². The van der Waals surface area contributed by atoms with Crippen LogP contribution < -0.4 is 5.32 Å². The molecule has 1 aromatic rings. The maximum Gasteiger partial charge on any atom is 0.233 e. The molecule has 0 aromatic heterocycles. The van der Waals surface area contributed by atoms with Gasteiger partial charge in [-0.3, -0.25) is 4.79 Å². The number of benzene rings is 1. The third kappa shape index (κ3) is 4.64. The van der Waals surface area contributed by atoms with Crippen molar-refractivity contribution in [3.63, 3.8) is 0 Å². The van der Waals surface area contributed by atoms with Gasteiger partial charge in [0, 0.05) is 12.6 Å². The minimum Gasteiger partial charge on any atom is -0.355 e. The predicted octanol–water partition coefficient (Wildman–Crippen LogP) is 2.58. The largest absolute Gasteiger partial charge is 0.355 e. The summed E-state index contributed by atoms with van der Waals surface area (Å²) in [5.74, 6) is -1.23. The Morgan fingerprint density at radius 3 is 2.33 bits per heavy atom. The Morgan fingerprint density at radius 1 is 1.28 bits per heavy atom. The van der Waals surface area contributed by atoms with Gasteiger partial charge in [-0.1, -0.05) is 13.8 Å². The van der Waals surface area contributed by atoms with Crippen LogP contribution in [0.15, 0.2) is 18.2 Å². The van der Waals surface area contributed by atoms with Crippen LogP contribution in [-0.2, 0) is 11.2 Å². The minimum absolute atomic E-state index is 0.139. The van der Waals surface area contributed by atoms with Gasteiger partial charge in [-0.15, -0.1) is 0 Å². The molecule has 100 valence electrons. The highest BCUT2D eigenvalue weighted by atomic mass is 32.1. The average molecular weight is 273 g/mol. The lowest BCUT2D eigenvalue weighted by molar-refractivity contribution is -0.121. The minimum atomic E-state index is -0.606. The van der Waals surface area contributed by atoms with Gasteiger partial charge in [-0.2, -0.15) is 12.6 Å². The molecule has 0 fully saturated rings. The highest BCUT2D eigenvalue weighted by molar-refractivity contribution is 7.81. The second-order valence-electron chi connectivity index (χ2n) is 4.51. The van der Waals surface area contributed by atoms with Crippen molar-refractivity contribution in [3.8, 4) is 0 Å². The second kappa shape index (κ2) is 6.73. The summed E-state index contributed by atoms with van der Waals surface area (Å²) < 4.78 is 25.8. The van der Waals surface area contributed by atoms with Crippen molar-refractivity contribution in [2.45, 2.75) is 25.5 Å². The van der Waals surface area contributed by atoms with Crippen molar-refractivity contribution in [2.24, 2.45) is 5.92 Å². The van der Waals surface area contributed by atoms with Gasteiger partial charge in [0.1, 0.15) is 11.6 Å². The molecule has 0 aliphatic carbocycles. The van der Waals surface area contributed by atoms with E-state index in [-0.39, 0.29) is 17.1 Å². The molecule has 0 aliphatic heterocycles. The number of nitrogens with one attached hydrogen (secondary N) is 1. The summed E-state index contributed by atoms with van der Waals surface area (Å²) in [6.45, 7) is 4.14. The molecule has 1 aromatic carbocycles. The molecule has 2 nitrogen and oxygen atoms in total. The highest BCUT2D eigenvalue weighted by Crippen LogP contribution is 2.10. The van der Waals surface area contributed by atoms with Gasteiger partial charge >= 0.3 is 0 Å². The fraction of sp³-hybridized carbons (Fsp3) is 0.462. The fourth-order valence-electron chi connectivity index (χ4n) is 1.49. The Labute approximate surface area is 111 Å². The molecule has 1 amide bonds. The molecule has 0 heterocycles. The maximum absolute atomic E-state index is 12.9. The Bertz CT molecular complexity index is 403. The van der Waals surface area contributed by atoms with Gasteiger partial charge < -0.3 is 5.32 Å². The SMILES string of the molecule is CC(C)C(S)C(=O)NCCc1cc(F)cc(F)c1.